The van der Waals surface area contributed by atoms with Gasteiger partial charge in [0.1, 0.15) is 11.5 Å². The Bertz CT molecular complexity index is 1250. The topological polar surface area (TPSA) is 135 Å². The van der Waals surface area contributed by atoms with E-state index < -0.39 is 23.6 Å². The Morgan fingerprint density at radius 3 is 1.32 bits per heavy atom. The number of nitrogens with one attached hydrogen (secondary N) is 4. The van der Waals surface area contributed by atoms with Gasteiger partial charge in [-0.05, 0) is 105 Å². The number of rotatable bonds is 8. The highest BCUT2D eigenvalue weighted by atomic mass is 79.9. The van der Waals surface area contributed by atoms with Gasteiger partial charge in [0.05, 0.1) is 8.95 Å². The van der Waals surface area contributed by atoms with Crippen molar-refractivity contribution in [3.63, 3.8) is 0 Å². The lowest BCUT2D eigenvalue weighted by molar-refractivity contribution is -0.124. The first-order valence-corrected chi connectivity index (χ1v) is 12.8. The van der Waals surface area contributed by atoms with Gasteiger partial charge >= 0.3 is 0 Å². The smallest absolute Gasteiger partial charge is 0.276 e. The SMILES string of the molecule is Cc1ccc(OCC(=O)NNC(=O)c2ccc(C(=O)NNC(=O)COc3ccc(C)cc3Br)cc2)c(Br)c1. The molecule has 0 saturated heterocycles. The lowest BCUT2D eigenvalue weighted by Gasteiger charge is -2.11. The van der Waals surface area contributed by atoms with E-state index in [-0.39, 0.29) is 24.3 Å². The van der Waals surface area contributed by atoms with Crippen LogP contribution < -0.4 is 31.2 Å². The number of aryl methyl sites for hydroxylation is 2. The number of carbonyl (C=O) groups is 4. The molecule has 3 aromatic carbocycles. The van der Waals surface area contributed by atoms with E-state index in [4.69, 9.17) is 9.47 Å². The fourth-order valence-corrected chi connectivity index (χ4v) is 4.19. The predicted molar refractivity (Wildman–Crippen MR) is 146 cm³/mol. The van der Waals surface area contributed by atoms with Gasteiger partial charge in [0, 0.05) is 11.1 Å². The molecule has 4 N–H and O–H groups in total. The zero-order valence-corrected chi connectivity index (χ0v) is 23.6. The minimum Gasteiger partial charge on any atom is -0.483 e. The lowest BCUT2D eigenvalue weighted by Crippen LogP contribution is -2.44. The van der Waals surface area contributed by atoms with Gasteiger partial charge in [-0.1, -0.05) is 12.1 Å². The van der Waals surface area contributed by atoms with Crippen LogP contribution in [0.5, 0.6) is 11.5 Å². The minimum atomic E-state index is -0.588. The van der Waals surface area contributed by atoms with Crippen molar-refractivity contribution in [2.75, 3.05) is 13.2 Å². The molecule has 38 heavy (non-hydrogen) atoms. The van der Waals surface area contributed by atoms with Crippen LogP contribution in [0.25, 0.3) is 0 Å². The Kier molecular flexibility index (Phi) is 10.3. The van der Waals surface area contributed by atoms with E-state index in [2.05, 4.69) is 53.6 Å². The Morgan fingerprint density at radius 1 is 0.605 bits per heavy atom. The summed E-state index contributed by atoms with van der Waals surface area (Å²) in [6.07, 6.45) is 0. The van der Waals surface area contributed by atoms with E-state index in [9.17, 15) is 19.2 Å². The fourth-order valence-electron chi connectivity index (χ4n) is 2.97. The molecule has 198 valence electrons. The summed E-state index contributed by atoms with van der Waals surface area (Å²) in [7, 11) is 0. The first kappa shape index (κ1) is 28.7. The number of benzene rings is 3. The number of carbonyl (C=O) groups excluding carboxylic acids is 4. The van der Waals surface area contributed by atoms with Crippen LogP contribution in [0.1, 0.15) is 31.8 Å². The summed E-state index contributed by atoms with van der Waals surface area (Å²) in [5.74, 6) is -1.31. The molecule has 10 nitrogen and oxygen atoms in total. The summed E-state index contributed by atoms with van der Waals surface area (Å²) < 4.78 is 12.3. The van der Waals surface area contributed by atoms with Gasteiger partial charge in [-0.25, -0.2) is 0 Å². The molecule has 12 heteroatoms. The molecule has 0 aromatic heterocycles. The quantitative estimate of drug-likeness (QED) is 0.277. The number of hydrogen-bond donors (Lipinski definition) is 4. The lowest BCUT2D eigenvalue weighted by atomic mass is 10.1. The van der Waals surface area contributed by atoms with Crippen molar-refractivity contribution in [1.29, 1.82) is 0 Å². The molecule has 4 amide bonds. The number of ether oxygens (including phenoxy) is 2. The first-order chi connectivity index (χ1) is 18.1. The summed E-state index contributed by atoms with van der Waals surface area (Å²) in [4.78, 5) is 48.6. The normalized spacial score (nSPS) is 10.2. The van der Waals surface area contributed by atoms with E-state index >= 15 is 0 Å². The summed E-state index contributed by atoms with van der Waals surface area (Å²) in [6.45, 7) is 3.24. The molecule has 0 spiro atoms. The Morgan fingerprint density at radius 2 is 0.974 bits per heavy atom. The van der Waals surface area contributed by atoms with Crippen molar-refractivity contribution in [3.05, 3.63) is 91.9 Å². The Balaban J connectivity index is 1.40. The van der Waals surface area contributed by atoms with E-state index in [1.54, 1.807) is 12.1 Å². The zero-order chi connectivity index (χ0) is 27.7. The largest absolute Gasteiger partial charge is 0.483 e. The van der Waals surface area contributed by atoms with E-state index in [1.165, 1.54) is 24.3 Å². The highest BCUT2D eigenvalue weighted by molar-refractivity contribution is 9.10. The molecule has 0 aliphatic rings. The molecule has 3 aromatic rings. The maximum absolute atomic E-state index is 12.3. The summed E-state index contributed by atoms with van der Waals surface area (Å²) in [5.41, 5.74) is 11.5. The molecule has 0 aliphatic heterocycles. The van der Waals surface area contributed by atoms with Gasteiger partial charge < -0.3 is 9.47 Å². The third-order valence-corrected chi connectivity index (χ3v) is 6.17. The maximum atomic E-state index is 12.3. The highest BCUT2D eigenvalue weighted by Gasteiger charge is 2.12. The molecule has 0 fully saturated rings. The minimum absolute atomic E-state index is 0.199. The van der Waals surface area contributed by atoms with E-state index in [1.807, 2.05) is 38.1 Å². The van der Waals surface area contributed by atoms with Gasteiger partial charge in [0.15, 0.2) is 13.2 Å². The number of amides is 4. The maximum Gasteiger partial charge on any atom is 0.276 e. The monoisotopic (exact) mass is 646 g/mol. The van der Waals surface area contributed by atoms with Crippen molar-refractivity contribution in [3.8, 4) is 11.5 Å². The Labute approximate surface area is 235 Å². The van der Waals surface area contributed by atoms with Crippen LogP contribution in [-0.2, 0) is 9.59 Å². The van der Waals surface area contributed by atoms with Gasteiger partial charge in [0.2, 0.25) is 0 Å². The number of halogens is 2. The molecule has 0 aliphatic carbocycles. The number of hydrogen-bond acceptors (Lipinski definition) is 6. The fraction of sp³-hybridized carbons (Fsp3) is 0.154. The average Bonchev–Trinajstić information content (AvgIpc) is 2.89. The van der Waals surface area contributed by atoms with E-state index in [0.717, 1.165) is 11.1 Å². The van der Waals surface area contributed by atoms with Crippen LogP contribution >= 0.6 is 31.9 Å². The van der Waals surface area contributed by atoms with Gasteiger partial charge in [-0.2, -0.15) is 0 Å². The second kappa shape index (κ2) is 13.6. The summed E-state index contributed by atoms with van der Waals surface area (Å²) in [6, 6.07) is 16.5. The molecule has 0 atom stereocenters. The molecule has 0 heterocycles. The van der Waals surface area contributed by atoms with Crippen LogP contribution in [0, 0.1) is 13.8 Å². The van der Waals surface area contributed by atoms with Crippen molar-refractivity contribution in [1.82, 2.24) is 21.7 Å². The first-order valence-electron chi connectivity index (χ1n) is 11.2. The second-order valence-corrected chi connectivity index (χ2v) is 9.74. The molecular formula is C26H24Br2N4O6. The Hall–Kier alpha value is -3.90. The average molecular weight is 648 g/mol. The predicted octanol–water partition coefficient (Wildman–Crippen LogP) is 3.51. The third-order valence-electron chi connectivity index (χ3n) is 4.93. The van der Waals surface area contributed by atoms with Gasteiger partial charge in [0.25, 0.3) is 23.6 Å². The molecule has 0 saturated carbocycles. The molecular weight excluding hydrogens is 624 g/mol. The molecule has 0 unspecified atom stereocenters. The van der Waals surface area contributed by atoms with Crippen molar-refractivity contribution in [2.24, 2.45) is 0 Å². The third kappa shape index (κ3) is 8.60. The van der Waals surface area contributed by atoms with Crippen LogP contribution in [0.4, 0.5) is 0 Å². The van der Waals surface area contributed by atoms with Crippen molar-refractivity contribution in [2.45, 2.75) is 13.8 Å². The highest BCUT2D eigenvalue weighted by Crippen LogP contribution is 2.26. The summed E-state index contributed by atoms with van der Waals surface area (Å²) in [5, 5.41) is 0. The summed E-state index contributed by atoms with van der Waals surface area (Å²) >= 11 is 6.72. The molecule has 0 bridgehead atoms. The van der Waals surface area contributed by atoms with Crippen LogP contribution in [0.2, 0.25) is 0 Å². The van der Waals surface area contributed by atoms with Crippen molar-refractivity contribution < 1.29 is 28.7 Å². The van der Waals surface area contributed by atoms with Crippen LogP contribution in [-0.4, -0.2) is 36.8 Å². The second-order valence-electron chi connectivity index (χ2n) is 8.03. The molecule has 3 rings (SSSR count). The van der Waals surface area contributed by atoms with E-state index in [0.29, 0.717) is 20.4 Å². The number of hydrazine groups is 2. The molecule has 0 radical (unpaired) electrons. The van der Waals surface area contributed by atoms with Crippen LogP contribution in [0.15, 0.2) is 69.6 Å². The van der Waals surface area contributed by atoms with Crippen LogP contribution in [0.3, 0.4) is 0 Å². The van der Waals surface area contributed by atoms with Gasteiger partial charge in [-0.3, -0.25) is 40.9 Å². The van der Waals surface area contributed by atoms with Gasteiger partial charge in [-0.15, -0.1) is 0 Å². The van der Waals surface area contributed by atoms with Crippen molar-refractivity contribution >= 4 is 55.5 Å². The standard InChI is InChI=1S/C26H24Br2N4O6/c1-15-3-9-21(19(27)11-15)37-13-23(33)29-31-25(35)17-5-7-18(8-6-17)26(36)32-30-24(34)14-38-22-10-4-16(2)12-20(22)28/h3-12H,13-14H2,1-2H3,(H,29,33)(H,30,34)(H,31,35)(H,32,36). The zero-order valence-electron chi connectivity index (χ0n) is 20.4.